The van der Waals surface area contributed by atoms with Gasteiger partial charge in [-0.2, -0.15) is 0 Å². The van der Waals surface area contributed by atoms with E-state index >= 15 is 0 Å². The molecule has 0 radical (unpaired) electrons. The molecule has 47 heavy (non-hydrogen) atoms. The first-order valence-electron chi connectivity index (χ1n) is 16.4. The molecule has 1 fully saturated rings. The number of amides is 3. The SMILES string of the molecule is CCCC(C(N)=O)[C@H](CC1CCC1)C(=O)N[C@@H]1C(=O)N(Cc2cccc(-c3ccc(F)c(Cl)c3)c2)c2ccccc2-c2ccccc21. The number of nitrogens with one attached hydrogen (secondary N) is 1. The summed E-state index contributed by atoms with van der Waals surface area (Å²) in [5, 5.41) is 3.16. The van der Waals surface area contributed by atoms with E-state index in [4.69, 9.17) is 17.3 Å². The largest absolute Gasteiger partial charge is 0.369 e. The summed E-state index contributed by atoms with van der Waals surface area (Å²) < 4.78 is 13.9. The molecule has 3 atom stereocenters. The molecule has 0 aromatic heterocycles. The van der Waals surface area contributed by atoms with Crippen molar-refractivity contribution in [2.24, 2.45) is 23.5 Å². The third-order valence-corrected chi connectivity index (χ3v) is 9.97. The number of fused-ring (bicyclic) bond motifs is 3. The zero-order chi connectivity index (χ0) is 33.1. The maximum absolute atomic E-state index is 14.7. The molecule has 6 nitrogen and oxygen atoms in total. The maximum Gasteiger partial charge on any atom is 0.254 e. The van der Waals surface area contributed by atoms with E-state index in [1.54, 1.807) is 17.0 Å². The molecule has 2 aliphatic rings. The van der Waals surface area contributed by atoms with Crippen molar-refractivity contribution in [3.05, 3.63) is 113 Å². The fourth-order valence-corrected chi connectivity index (χ4v) is 7.17. The van der Waals surface area contributed by atoms with Crippen molar-refractivity contribution < 1.29 is 18.8 Å². The van der Waals surface area contributed by atoms with Gasteiger partial charge in [-0.1, -0.05) is 111 Å². The van der Waals surface area contributed by atoms with Gasteiger partial charge in [0, 0.05) is 17.4 Å². The second-order valence-electron chi connectivity index (χ2n) is 12.7. The summed E-state index contributed by atoms with van der Waals surface area (Å²) >= 11 is 6.08. The van der Waals surface area contributed by atoms with Gasteiger partial charge in [0.05, 0.1) is 17.3 Å². The Morgan fingerprint density at radius 1 is 0.936 bits per heavy atom. The smallest absolute Gasteiger partial charge is 0.254 e. The molecule has 1 aliphatic heterocycles. The molecular weight excluding hydrogens is 613 g/mol. The van der Waals surface area contributed by atoms with Gasteiger partial charge >= 0.3 is 0 Å². The number of primary amides is 1. The highest BCUT2D eigenvalue weighted by Crippen LogP contribution is 2.42. The van der Waals surface area contributed by atoms with E-state index in [1.807, 2.05) is 79.7 Å². The molecule has 0 saturated heterocycles. The molecule has 1 aliphatic carbocycles. The highest BCUT2D eigenvalue weighted by Gasteiger charge is 2.40. The summed E-state index contributed by atoms with van der Waals surface area (Å²) in [5.74, 6) is -2.41. The van der Waals surface area contributed by atoms with Gasteiger partial charge in [0.1, 0.15) is 11.9 Å². The second kappa shape index (κ2) is 14.1. The molecule has 4 aromatic carbocycles. The predicted octanol–water partition coefficient (Wildman–Crippen LogP) is 8.23. The van der Waals surface area contributed by atoms with Crippen LogP contribution in [0.2, 0.25) is 5.02 Å². The van der Waals surface area contributed by atoms with Gasteiger partial charge in [0.25, 0.3) is 5.91 Å². The van der Waals surface area contributed by atoms with Crippen LogP contribution in [-0.2, 0) is 20.9 Å². The lowest BCUT2D eigenvalue weighted by Gasteiger charge is -2.33. The average Bonchev–Trinajstić information content (AvgIpc) is 3.14. The number of rotatable bonds is 11. The van der Waals surface area contributed by atoms with Gasteiger partial charge in [0.15, 0.2) is 0 Å². The number of anilines is 1. The molecule has 1 unspecified atom stereocenters. The third-order valence-electron chi connectivity index (χ3n) is 9.68. The molecule has 4 aromatic rings. The number of para-hydroxylation sites is 1. The number of halogens is 2. The van der Waals surface area contributed by atoms with E-state index in [1.165, 1.54) is 6.07 Å². The van der Waals surface area contributed by atoms with Crippen molar-refractivity contribution >= 4 is 35.0 Å². The minimum absolute atomic E-state index is 0.0361. The van der Waals surface area contributed by atoms with Crippen LogP contribution in [0.3, 0.4) is 0 Å². The number of hydrogen-bond donors (Lipinski definition) is 2. The Morgan fingerprint density at radius 2 is 1.66 bits per heavy atom. The molecule has 3 N–H and O–H groups in total. The van der Waals surface area contributed by atoms with Crippen LogP contribution in [0.15, 0.2) is 91.0 Å². The first-order chi connectivity index (χ1) is 22.7. The molecule has 0 bridgehead atoms. The van der Waals surface area contributed by atoms with E-state index in [2.05, 4.69) is 5.32 Å². The van der Waals surface area contributed by atoms with E-state index in [9.17, 15) is 18.8 Å². The normalized spacial score (nSPS) is 17.1. The highest BCUT2D eigenvalue weighted by molar-refractivity contribution is 6.31. The van der Waals surface area contributed by atoms with Crippen molar-refractivity contribution in [1.82, 2.24) is 5.32 Å². The zero-order valence-corrected chi connectivity index (χ0v) is 27.2. The zero-order valence-electron chi connectivity index (χ0n) is 26.4. The summed E-state index contributed by atoms with van der Waals surface area (Å²) in [4.78, 5) is 43.4. The Bertz CT molecular complexity index is 1810. The van der Waals surface area contributed by atoms with Gasteiger partial charge in [0.2, 0.25) is 11.8 Å². The Labute approximate surface area is 280 Å². The number of nitrogens with two attached hydrogens (primary N) is 1. The quantitative estimate of drug-likeness (QED) is 0.171. The standard InChI is InChI=1S/C39H39ClFN3O3/c1-2-9-31(37(42)45)32(21-24-10-7-11-24)38(46)43-36-30-16-4-3-14-28(30)29-15-5-6-17-35(29)44(39(36)47)23-25-12-8-13-26(20-25)27-18-19-34(41)33(40)22-27/h3-6,8,12-20,22,24,31-32,36H,2,7,9-11,21,23H2,1H3,(H2,42,45)(H,43,46)/t31?,32-,36-/m0/s1. The van der Waals surface area contributed by atoms with Crippen LogP contribution in [0.1, 0.15) is 62.6 Å². The third kappa shape index (κ3) is 6.82. The monoisotopic (exact) mass is 651 g/mol. The minimum atomic E-state index is -0.982. The first kappa shape index (κ1) is 32.5. The maximum atomic E-state index is 14.7. The summed E-state index contributed by atoms with van der Waals surface area (Å²) in [5.41, 5.74) is 11.5. The highest BCUT2D eigenvalue weighted by atomic mass is 35.5. The molecule has 3 amide bonds. The van der Waals surface area contributed by atoms with Gasteiger partial charge in [-0.25, -0.2) is 4.39 Å². The van der Waals surface area contributed by atoms with Crippen LogP contribution in [0.25, 0.3) is 22.3 Å². The molecule has 1 saturated carbocycles. The van der Waals surface area contributed by atoms with E-state index in [0.29, 0.717) is 24.3 Å². The first-order valence-corrected chi connectivity index (χ1v) is 16.8. The molecule has 8 heteroatoms. The summed E-state index contributed by atoms with van der Waals surface area (Å²) in [6.07, 6.45) is 4.98. The van der Waals surface area contributed by atoms with E-state index in [-0.39, 0.29) is 23.4 Å². The number of carbonyl (C=O) groups excluding carboxylic acids is 3. The Kier molecular flexibility index (Phi) is 9.73. The van der Waals surface area contributed by atoms with Crippen LogP contribution in [0.4, 0.5) is 10.1 Å². The molecule has 242 valence electrons. The summed E-state index contributed by atoms with van der Waals surface area (Å²) in [6.45, 7) is 2.21. The van der Waals surface area contributed by atoms with E-state index in [0.717, 1.165) is 59.2 Å². The van der Waals surface area contributed by atoms with Crippen molar-refractivity contribution in [2.75, 3.05) is 4.90 Å². The lowest BCUT2D eigenvalue weighted by molar-refractivity contribution is -0.136. The second-order valence-corrected chi connectivity index (χ2v) is 13.1. The van der Waals surface area contributed by atoms with Gasteiger partial charge < -0.3 is 16.0 Å². The lowest BCUT2D eigenvalue weighted by Crippen LogP contribution is -2.47. The van der Waals surface area contributed by atoms with Gasteiger partial charge in [-0.3, -0.25) is 14.4 Å². The number of hydrogen-bond acceptors (Lipinski definition) is 3. The van der Waals surface area contributed by atoms with Crippen molar-refractivity contribution in [1.29, 1.82) is 0 Å². The fraction of sp³-hybridized carbons (Fsp3) is 0.308. The van der Waals surface area contributed by atoms with Gasteiger partial charge in [-0.15, -0.1) is 0 Å². The summed E-state index contributed by atoms with van der Waals surface area (Å²) in [6, 6.07) is 26.7. The molecule has 1 heterocycles. The number of benzene rings is 4. The Hall–Kier alpha value is -4.49. The number of nitrogens with zero attached hydrogens (tertiary/aromatic N) is 1. The predicted molar refractivity (Wildman–Crippen MR) is 184 cm³/mol. The van der Waals surface area contributed by atoms with Crippen LogP contribution in [0, 0.1) is 23.6 Å². The van der Waals surface area contributed by atoms with Crippen LogP contribution in [0.5, 0.6) is 0 Å². The van der Waals surface area contributed by atoms with E-state index < -0.39 is 29.6 Å². The van der Waals surface area contributed by atoms with Crippen molar-refractivity contribution in [2.45, 2.75) is 58.0 Å². The Balaban J connectivity index is 1.38. The van der Waals surface area contributed by atoms with Crippen molar-refractivity contribution in [3.8, 4) is 22.3 Å². The lowest BCUT2D eigenvalue weighted by atomic mass is 9.73. The minimum Gasteiger partial charge on any atom is -0.369 e. The van der Waals surface area contributed by atoms with Gasteiger partial charge in [-0.05, 0) is 70.8 Å². The number of carbonyl (C=O) groups is 3. The van der Waals surface area contributed by atoms with Crippen molar-refractivity contribution in [3.63, 3.8) is 0 Å². The van der Waals surface area contributed by atoms with Crippen LogP contribution >= 0.6 is 11.6 Å². The average molecular weight is 652 g/mol. The Morgan fingerprint density at radius 3 is 2.36 bits per heavy atom. The molecule has 0 spiro atoms. The topological polar surface area (TPSA) is 92.5 Å². The molecular formula is C39H39ClFN3O3. The van der Waals surface area contributed by atoms with Crippen LogP contribution in [-0.4, -0.2) is 17.7 Å². The van der Waals surface area contributed by atoms with Crippen LogP contribution < -0.4 is 16.0 Å². The molecule has 6 rings (SSSR count). The summed E-state index contributed by atoms with van der Waals surface area (Å²) in [7, 11) is 0. The fourth-order valence-electron chi connectivity index (χ4n) is 6.99.